The number of carboxylic acids is 1. The van der Waals surface area contributed by atoms with Crippen molar-refractivity contribution in [3.8, 4) is 12.3 Å². The van der Waals surface area contributed by atoms with E-state index in [4.69, 9.17) is 11.5 Å². The number of nitrogens with zero attached hydrogens (tertiary/aromatic N) is 1. The van der Waals surface area contributed by atoms with Crippen molar-refractivity contribution in [3.05, 3.63) is 0 Å². The molecule has 1 heterocycles. The summed E-state index contributed by atoms with van der Waals surface area (Å²) in [4.78, 5) is 23.7. The van der Waals surface area contributed by atoms with Crippen molar-refractivity contribution in [1.82, 2.24) is 10.2 Å². The predicted molar refractivity (Wildman–Crippen MR) is 54.2 cm³/mol. The zero-order valence-electron chi connectivity index (χ0n) is 8.40. The number of nitrogens with one attached hydrogen (secondary N) is 1. The first-order valence-electron chi connectivity index (χ1n) is 4.87. The van der Waals surface area contributed by atoms with Crippen LogP contribution in [0.15, 0.2) is 0 Å². The first-order valence-corrected chi connectivity index (χ1v) is 4.87. The van der Waals surface area contributed by atoms with Gasteiger partial charge >= 0.3 is 12.0 Å². The summed E-state index contributed by atoms with van der Waals surface area (Å²) in [7, 11) is 0. The number of hydrogen-bond acceptors (Lipinski definition) is 2. The highest BCUT2D eigenvalue weighted by molar-refractivity contribution is 5.83. The molecule has 1 fully saturated rings. The van der Waals surface area contributed by atoms with Gasteiger partial charge in [0, 0.05) is 19.5 Å². The number of terminal acetylenes is 1. The van der Waals surface area contributed by atoms with Crippen molar-refractivity contribution < 1.29 is 14.7 Å². The molecule has 2 amide bonds. The maximum Gasteiger partial charge on any atom is 0.326 e. The number of hydrogen-bond donors (Lipinski definition) is 2. The summed E-state index contributed by atoms with van der Waals surface area (Å²) in [5, 5.41) is 11.4. The number of carbonyl (C=O) groups excluding carboxylic acids is 1. The van der Waals surface area contributed by atoms with Crippen LogP contribution in [0, 0.1) is 12.3 Å². The van der Waals surface area contributed by atoms with E-state index in [-0.39, 0.29) is 6.03 Å². The van der Waals surface area contributed by atoms with Crippen LogP contribution in [0.3, 0.4) is 0 Å². The predicted octanol–water partition coefficient (Wildman–Crippen LogP) is 0.268. The zero-order valence-corrected chi connectivity index (χ0v) is 8.40. The molecule has 2 N–H and O–H groups in total. The molecule has 0 aromatic heterocycles. The Bertz CT molecular complexity index is 296. The molecule has 1 atom stereocenters. The Morgan fingerprint density at radius 3 is 2.93 bits per heavy atom. The second-order valence-corrected chi connectivity index (χ2v) is 3.38. The van der Waals surface area contributed by atoms with Gasteiger partial charge in [-0.3, -0.25) is 0 Å². The topological polar surface area (TPSA) is 69.6 Å². The Labute approximate surface area is 88.4 Å². The van der Waals surface area contributed by atoms with Crippen molar-refractivity contribution in [2.75, 3.05) is 13.1 Å². The van der Waals surface area contributed by atoms with Gasteiger partial charge in [0.25, 0.3) is 0 Å². The Hall–Kier alpha value is -1.70. The van der Waals surface area contributed by atoms with Crippen LogP contribution in [-0.4, -0.2) is 41.1 Å². The van der Waals surface area contributed by atoms with Gasteiger partial charge < -0.3 is 15.3 Å². The molecule has 82 valence electrons. The lowest BCUT2D eigenvalue weighted by Crippen LogP contribution is -2.46. The highest BCUT2D eigenvalue weighted by Crippen LogP contribution is 2.16. The van der Waals surface area contributed by atoms with Crippen molar-refractivity contribution >= 4 is 12.0 Å². The van der Waals surface area contributed by atoms with E-state index in [2.05, 4.69) is 11.2 Å². The Balaban J connectivity index is 2.45. The third kappa shape index (κ3) is 2.88. The molecule has 0 aliphatic carbocycles. The van der Waals surface area contributed by atoms with Crippen LogP contribution >= 0.6 is 0 Å². The highest BCUT2D eigenvalue weighted by atomic mass is 16.4. The summed E-state index contributed by atoms with van der Waals surface area (Å²) in [6.45, 7) is 0.886. The fraction of sp³-hybridized carbons (Fsp3) is 0.600. The summed E-state index contributed by atoms with van der Waals surface area (Å²) in [5.74, 6) is 1.45. The molecule has 5 heteroatoms. The minimum atomic E-state index is -0.945. The minimum Gasteiger partial charge on any atom is -0.480 e. The molecule has 0 spiro atoms. The van der Waals surface area contributed by atoms with Gasteiger partial charge in [0.05, 0.1) is 0 Å². The van der Waals surface area contributed by atoms with Crippen molar-refractivity contribution in [2.45, 2.75) is 25.3 Å². The van der Waals surface area contributed by atoms with Crippen LogP contribution in [0.2, 0.25) is 0 Å². The summed E-state index contributed by atoms with van der Waals surface area (Å²) >= 11 is 0. The first kappa shape index (κ1) is 11.4. The molecular weight excluding hydrogens is 196 g/mol. The van der Waals surface area contributed by atoms with Crippen LogP contribution < -0.4 is 5.32 Å². The lowest BCUT2D eigenvalue weighted by atomic mass is 10.2. The molecule has 1 saturated heterocycles. The van der Waals surface area contributed by atoms with E-state index in [1.807, 2.05) is 0 Å². The monoisotopic (exact) mass is 210 g/mol. The van der Waals surface area contributed by atoms with Crippen molar-refractivity contribution in [2.24, 2.45) is 0 Å². The molecular formula is C10H14N2O3. The molecule has 1 rings (SSSR count). The second-order valence-electron chi connectivity index (χ2n) is 3.38. The van der Waals surface area contributed by atoms with E-state index in [9.17, 15) is 9.59 Å². The molecule has 0 bridgehead atoms. The van der Waals surface area contributed by atoms with E-state index in [1.165, 1.54) is 4.90 Å². The number of amides is 2. The molecule has 15 heavy (non-hydrogen) atoms. The van der Waals surface area contributed by atoms with E-state index in [0.717, 1.165) is 6.42 Å². The van der Waals surface area contributed by atoms with Gasteiger partial charge in [-0.25, -0.2) is 9.59 Å². The fourth-order valence-corrected chi connectivity index (χ4v) is 1.61. The Morgan fingerprint density at radius 2 is 2.33 bits per heavy atom. The van der Waals surface area contributed by atoms with Crippen LogP contribution in [-0.2, 0) is 4.79 Å². The van der Waals surface area contributed by atoms with Crippen LogP contribution in [0.5, 0.6) is 0 Å². The quantitative estimate of drug-likeness (QED) is 0.519. The van der Waals surface area contributed by atoms with E-state index < -0.39 is 12.0 Å². The molecule has 1 aliphatic rings. The molecule has 5 nitrogen and oxygen atoms in total. The van der Waals surface area contributed by atoms with Gasteiger partial charge in [0.1, 0.15) is 6.04 Å². The van der Waals surface area contributed by atoms with Crippen LogP contribution in [0.1, 0.15) is 19.3 Å². The normalized spacial score (nSPS) is 19.7. The molecule has 0 aromatic rings. The lowest BCUT2D eigenvalue weighted by Gasteiger charge is -2.21. The molecule has 1 aliphatic heterocycles. The molecule has 0 saturated carbocycles. The SMILES string of the molecule is C#CCCNC(=O)N1CCC[C@H]1C(=O)O. The second kappa shape index (κ2) is 5.25. The maximum atomic E-state index is 11.5. The largest absolute Gasteiger partial charge is 0.480 e. The number of likely N-dealkylation sites (tertiary alicyclic amines) is 1. The standard InChI is InChI=1S/C10H14N2O3/c1-2-3-6-11-10(15)12-7-4-5-8(12)9(13)14/h1,8H,3-7H2,(H,11,15)(H,13,14)/t8-/m0/s1. The van der Waals surface area contributed by atoms with E-state index in [0.29, 0.717) is 25.9 Å². The lowest BCUT2D eigenvalue weighted by molar-refractivity contribution is -0.141. The third-order valence-electron chi connectivity index (χ3n) is 2.34. The van der Waals surface area contributed by atoms with Gasteiger partial charge in [0.2, 0.25) is 0 Å². The average molecular weight is 210 g/mol. The maximum absolute atomic E-state index is 11.5. The average Bonchev–Trinajstić information content (AvgIpc) is 2.66. The van der Waals surface area contributed by atoms with E-state index >= 15 is 0 Å². The smallest absolute Gasteiger partial charge is 0.326 e. The zero-order chi connectivity index (χ0) is 11.3. The van der Waals surface area contributed by atoms with Gasteiger partial charge in [-0.2, -0.15) is 0 Å². The van der Waals surface area contributed by atoms with Gasteiger partial charge in [0.15, 0.2) is 0 Å². The molecule has 0 aromatic carbocycles. The first-order chi connectivity index (χ1) is 7.16. The van der Waals surface area contributed by atoms with Crippen molar-refractivity contribution in [1.29, 1.82) is 0 Å². The summed E-state index contributed by atoms with van der Waals surface area (Å²) < 4.78 is 0. The number of rotatable bonds is 3. The minimum absolute atomic E-state index is 0.338. The summed E-state index contributed by atoms with van der Waals surface area (Å²) in [6.07, 6.45) is 6.75. The Kier molecular flexibility index (Phi) is 3.98. The number of carbonyl (C=O) groups is 2. The fourth-order valence-electron chi connectivity index (χ4n) is 1.61. The number of urea groups is 1. The molecule has 0 radical (unpaired) electrons. The summed E-state index contributed by atoms with van der Waals surface area (Å²) in [5.41, 5.74) is 0. The summed E-state index contributed by atoms with van der Waals surface area (Å²) in [6, 6.07) is -1.02. The number of aliphatic carboxylic acids is 1. The third-order valence-corrected chi connectivity index (χ3v) is 2.34. The van der Waals surface area contributed by atoms with Crippen LogP contribution in [0.4, 0.5) is 4.79 Å². The van der Waals surface area contributed by atoms with Gasteiger partial charge in [-0.15, -0.1) is 12.3 Å². The van der Waals surface area contributed by atoms with E-state index in [1.54, 1.807) is 0 Å². The van der Waals surface area contributed by atoms with Crippen molar-refractivity contribution in [3.63, 3.8) is 0 Å². The number of carboxylic acid groups (broad SMARTS) is 1. The highest BCUT2D eigenvalue weighted by Gasteiger charge is 2.33. The van der Waals surface area contributed by atoms with Gasteiger partial charge in [-0.05, 0) is 12.8 Å². The Morgan fingerprint density at radius 1 is 1.60 bits per heavy atom. The van der Waals surface area contributed by atoms with Gasteiger partial charge in [-0.1, -0.05) is 0 Å². The van der Waals surface area contributed by atoms with Crippen LogP contribution in [0.25, 0.3) is 0 Å². The molecule has 0 unspecified atom stereocenters.